The van der Waals surface area contributed by atoms with Gasteiger partial charge in [-0.25, -0.2) is 19.3 Å². The Morgan fingerprint density at radius 3 is 3.26 bits per heavy atom. The summed E-state index contributed by atoms with van der Waals surface area (Å²) in [5.41, 5.74) is 2.16. The monoisotopic (exact) mass is 274 g/mol. The topological polar surface area (TPSA) is 69.4 Å². The van der Waals surface area contributed by atoms with Crippen molar-refractivity contribution in [2.45, 2.75) is 6.92 Å². The molecule has 3 aromatic rings. The summed E-state index contributed by atoms with van der Waals surface area (Å²) < 4.78 is 6.60. The third-order valence-electron chi connectivity index (χ3n) is 2.49. The molecule has 0 saturated heterocycles. The maximum atomic E-state index is 11.6. The Balaban J connectivity index is 2.01. The second-order valence-electron chi connectivity index (χ2n) is 3.70. The number of ether oxygens (including phenoxy) is 1. The van der Waals surface area contributed by atoms with E-state index in [0.29, 0.717) is 17.3 Å². The van der Waals surface area contributed by atoms with Crippen molar-refractivity contribution >= 4 is 23.0 Å². The largest absolute Gasteiger partial charge is 0.461 e. The molecule has 0 unspecified atom stereocenters. The van der Waals surface area contributed by atoms with Crippen molar-refractivity contribution in [3.63, 3.8) is 0 Å². The molecule has 0 aliphatic rings. The third kappa shape index (κ3) is 2.08. The molecule has 0 saturated carbocycles. The molecule has 7 heteroatoms. The molecule has 0 bridgehead atoms. The van der Waals surface area contributed by atoms with Gasteiger partial charge in [-0.05, 0) is 19.1 Å². The summed E-state index contributed by atoms with van der Waals surface area (Å²) in [6.45, 7) is 2.10. The minimum atomic E-state index is -0.402. The van der Waals surface area contributed by atoms with Crippen LogP contribution in [0.3, 0.4) is 0 Å². The zero-order chi connectivity index (χ0) is 13.2. The molecule has 3 aromatic heterocycles. The second kappa shape index (κ2) is 4.77. The number of carbonyl (C=O) groups excluding carboxylic acids is 1. The van der Waals surface area contributed by atoms with Gasteiger partial charge in [0.05, 0.1) is 12.8 Å². The van der Waals surface area contributed by atoms with Crippen molar-refractivity contribution in [3.8, 4) is 11.4 Å². The van der Waals surface area contributed by atoms with Crippen molar-refractivity contribution in [2.24, 2.45) is 0 Å². The number of fused-ring (bicyclic) bond motifs is 1. The van der Waals surface area contributed by atoms with Gasteiger partial charge >= 0.3 is 5.97 Å². The van der Waals surface area contributed by atoms with E-state index >= 15 is 0 Å². The number of esters is 1. The minimum absolute atomic E-state index is 0.336. The molecule has 96 valence electrons. The number of aromatic nitrogens is 4. The van der Waals surface area contributed by atoms with E-state index in [9.17, 15) is 4.79 Å². The van der Waals surface area contributed by atoms with Crippen LogP contribution in [0.15, 0.2) is 29.9 Å². The van der Waals surface area contributed by atoms with Crippen LogP contribution in [0, 0.1) is 0 Å². The molecule has 0 aliphatic carbocycles. The fraction of sp³-hybridized carbons (Fsp3) is 0.167. The van der Waals surface area contributed by atoms with Gasteiger partial charge in [0.15, 0.2) is 5.65 Å². The standard InChI is InChI=1S/C12H10N4O2S/c1-2-18-12(17)11-15-8(7-19-11)9-6-13-10-4-3-5-14-16(9)10/h3-7H,2H2,1H3. The molecule has 3 heterocycles. The van der Waals surface area contributed by atoms with E-state index in [1.165, 1.54) is 11.3 Å². The van der Waals surface area contributed by atoms with Crippen LogP contribution >= 0.6 is 11.3 Å². The van der Waals surface area contributed by atoms with Gasteiger partial charge in [-0.15, -0.1) is 11.3 Å². The van der Waals surface area contributed by atoms with Gasteiger partial charge in [0, 0.05) is 11.6 Å². The summed E-state index contributed by atoms with van der Waals surface area (Å²) in [5.74, 6) is -0.402. The highest BCUT2D eigenvalue weighted by molar-refractivity contribution is 7.11. The van der Waals surface area contributed by atoms with Crippen molar-refractivity contribution < 1.29 is 9.53 Å². The first-order chi connectivity index (χ1) is 9.29. The summed E-state index contributed by atoms with van der Waals surface area (Å²) in [7, 11) is 0. The summed E-state index contributed by atoms with van der Waals surface area (Å²) in [6.07, 6.45) is 3.36. The molecule has 0 radical (unpaired) electrons. The Hall–Kier alpha value is -2.28. The normalized spacial score (nSPS) is 10.8. The smallest absolute Gasteiger partial charge is 0.367 e. The molecule has 3 rings (SSSR count). The van der Waals surface area contributed by atoms with Gasteiger partial charge in [0.25, 0.3) is 0 Å². The predicted molar refractivity (Wildman–Crippen MR) is 70.1 cm³/mol. The van der Waals surface area contributed by atoms with E-state index in [1.807, 2.05) is 12.1 Å². The zero-order valence-electron chi connectivity index (χ0n) is 10.1. The summed E-state index contributed by atoms with van der Waals surface area (Å²) in [4.78, 5) is 20.1. The highest BCUT2D eigenvalue weighted by Crippen LogP contribution is 2.22. The summed E-state index contributed by atoms with van der Waals surface area (Å²) >= 11 is 1.25. The number of carbonyl (C=O) groups is 1. The number of hydrogen-bond donors (Lipinski definition) is 0. The second-order valence-corrected chi connectivity index (χ2v) is 4.55. The Bertz CT molecular complexity index is 734. The highest BCUT2D eigenvalue weighted by atomic mass is 32.1. The van der Waals surface area contributed by atoms with Crippen LogP contribution in [-0.2, 0) is 4.74 Å². The van der Waals surface area contributed by atoms with Crippen LogP contribution < -0.4 is 0 Å². The molecule has 0 amide bonds. The number of imidazole rings is 1. The van der Waals surface area contributed by atoms with Gasteiger partial charge in [-0.3, -0.25) is 0 Å². The van der Waals surface area contributed by atoms with Crippen LogP contribution in [0.5, 0.6) is 0 Å². The highest BCUT2D eigenvalue weighted by Gasteiger charge is 2.15. The van der Waals surface area contributed by atoms with Gasteiger partial charge in [-0.1, -0.05) is 0 Å². The van der Waals surface area contributed by atoms with Crippen molar-refractivity contribution in [3.05, 3.63) is 34.9 Å². The molecule has 0 aromatic carbocycles. The van der Waals surface area contributed by atoms with Gasteiger partial charge in [0.2, 0.25) is 5.01 Å². The summed E-state index contributed by atoms with van der Waals surface area (Å²) in [5, 5.41) is 6.34. The Kier molecular flexibility index (Phi) is 2.96. The zero-order valence-corrected chi connectivity index (χ0v) is 10.9. The Morgan fingerprint density at radius 1 is 1.53 bits per heavy atom. The van der Waals surface area contributed by atoms with Crippen molar-refractivity contribution in [1.29, 1.82) is 0 Å². The number of rotatable bonds is 3. The van der Waals surface area contributed by atoms with Crippen molar-refractivity contribution in [1.82, 2.24) is 19.6 Å². The Labute approximate surface area is 112 Å². The SMILES string of the molecule is CCOC(=O)c1nc(-c2cnc3cccnn23)cs1. The van der Waals surface area contributed by atoms with E-state index < -0.39 is 5.97 Å². The van der Waals surface area contributed by atoms with Gasteiger partial charge in [-0.2, -0.15) is 5.10 Å². The fourth-order valence-electron chi connectivity index (χ4n) is 1.68. The maximum absolute atomic E-state index is 11.6. The van der Waals surface area contributed by atoms with Crippen LogP contribution in [-0.4, -0.2) is 32.2 Å². The van der Waals surface area contributed by atoms with Crippen LogP contribution in [0.2, 0.25) is 0 Å². The van der Waals surface area contributed by atoms with E-state index in [-0.39, 0.29) is 0 Å². The molecular weight excluding hydrogens is 264 g/mol. The number of thiazole rings is 1. The average molecular weight is 274 g/mol. The fourth-order valence-corrected chi connectivity index (χ4v) is 2.38. The quantitative estimate of drug-likeness (QED) is 0.683. The van der Waals surface area contributed by atoms with Gasteiger partial charge < -0.3 is 4.74 Å². The molecule has 0 fully saturated rings. The first kappa shape index (κ1) is 11.8. The first-order valence-corrected chi connectivity index (χ1v) is 6.59. The molecular formula is C12H10N4O2S. The van der Waals surface area contributed by atoms with E-state index in [4.69, 9.17) is 4.74 Å². The molecule has 0 N–H and O–H groups in total. The maximum Gasteiger partial charge on any atom is 0.367 e. The van der Waals surface area contributed by atoms with E-state index in [1.54, 1.807) is 29.2 Å². The Morgan fingerprint density at radius 2 is 2.42 bits per heavy atom. The lowest BCUT2D eigenvalue weighted by Crippen LogP contribution is -2.03. The lowest BCUT2D eigenvalue weighted by atomic mass is 10.4. The van der Waals surface area contributed by atoms with E-state index in [0.717, 1.165) is 11.3 Å². The molecule has 0 aliphatic heterocycles. The molecule has 19 heavy (non-hydrogen) atoms. The minimum Gasteiger partial charge on any atom is -0.461 e. The van der Waals surface area contributed by atoms with Crippen LogP contribution in [0.25, 0.3) is 17.0 Å². The molecule has 0 atom stereocenters. The first-order valence-electron chi connectivity index (χ1n) is 5.71. The average Bonchev–Trinajstić information content (AvgIpc) is 3.05. The predicted octanol–water partition coefficient (Wildman–Crippen LogP) is 2.03. The third-order valence-corrected chi connectivity index (χ3v) is 3.32. The lowest BCUT2D eigenvalue weighted by molar-refractivity contribution is 0.0526. The number of hydrogen-bond acceptors (Lipinski definition) is 6. The molecule has 6 nitrogen and oxygen atoms in total. The summed E-state index contributed by atoms with van der Waals surface area (Å²) in [6, 6.07) is 3.67. The van der Waals surface area contributed by atoms with E-state index in [2.05, 4.69) is 15.1 Å². The van der Waals surface area contributed by atoms with Crippen LogP contribution in [0.4, 0.5) is 0 Å². The van der Waals surface area contributed by atoms with Crippen molar-refractivity contribution in [2.75, 3.05) is 6.61 Å². The molecule has 0 spiro atoms. The van der Waals surface area contributed by atoms with Gasteiger partial charge in [0.1, 0.15) is 11.4 Å². The number of nitrogens with zero attached hydrogens (tertiary/aromatic N) is 4. The van der Waals surface area contributed by atoms with Crippen LogP contribution in [0.1, 0.15) is 16.7 Å². The lowest BCUT2D eigenvalue weighted by Gasteiger charge is -1.97.